The van der Waals surface area contributed by atoms with Crippen LogP contribution in [0.15, 0.2) is 42.5 Å². The van der Waals surface area contributed by atoms with Crippen molar-refractivity contribution >= 4 is 25.2 Å². The summed E-state index contributed by atoms with van der Waals surface area (Å²) in [6.07, 6.45) is 13.1. The Balaban J connectivity index is 0.000000742. The van der Waals surface area contributed by atoms with Gasteiger partial charge in [-0.2, -0.15) is 0 Å². The number of carbonyl (C=O) groups excluding carboxylic acids is 2. The first-order valence-corrected chi connectivity index (χ1v) is 10.0. The Morgan fingerprint density at radius 3 is 1.41 bits per heavy atom. The summed E-state index contributed by atoms with van der Waals surface area (Å²) in [5.74, 6) is -0.866. The van der Waals surface area contributed by atoms with Gasteiger partial charge < -0.3 is 20.4 Å². The van der Waals surface area contributed by atoms with Crippen molar-refractivity contribution in [1.82, 2.24) is 0 Å². The van der Waals surface area contributed by atoms with Crippen LogP contribution in [0.1, 0.15) is 64.2 Å². The van der Waals surface area contributed by atoms with Gasteiger partial charge in [-0.3, -0.25) is 0 Å². The molecule has 2 aliphatic rings. The van der Waals surface area contributed by atoms with Gasteiger partial charge in [-0.15, -0.1) is 0 Å². The van der Waals surface area contributed by atoms with E-state index >= 15 is 0 Å². The number of ether oxygens (including phenoxy) is 2. The van der Waals surface area contributed by atoms with E-state index in [1.807, 2.05) is 30.3 Å². The van der Waals surface area contributed by atoms with Gasteiger partial charge in [0.1, 0.15) is 12.2 Å². The molecule has 1 aromatic rings. The third kappa shape index (κ3) is 12.1. The third-order valence-electron chi connectivity index (χ3n) is 4.83. The van der Waals surface area contributed by atoms with Gasteiger partial charge >= 0.3 is 55.6 Å². The van der Waals surface area contributed by atoms with Crippen LogP contribution in [-0.2, 0) is 19.1 Å². The van der Waals surface area contributed by atoms with Gasteiger partial charge in [0.25, 0.3) is 0 Å². The molecule has 0 unspecified atom stereocenters. The van der Waals surface area contributed by atoms with E-state index in [-0.39, 0.29) is 23.2 Å². The minimum absolute atomic E-state index is 0. The maximum atomic E-state index is 11.6. The maximum absolute atomic E-state index is 11.6. The average molecular weight is 402 g/mol. The molecule has 0 radical (unpaired) electrons. The predicted octanol–water partition coefficient (Wildman–Crippen LogP) is 3.42. The van der Waals surface area contributed by atoms with Crippen LogP contribution in [0.4, 0.5) is 0 Å². The van der Waals surface area contributed by atoms with Gasteiger partial charge in [-0.25, -0.2) is 9.59 Å². The molecular formula is C22H31BO6. The van der Waals surface area contributed by atoms with Gasteiger partial charge in [0, 0.05) is 12.2 Å². The maximum Gasteiger partial charge on any atom is -0.870 e. The van der Waals surface area contributed by atoms with Gasteiger partial charge in [-0.1, -0.05) is 12.8 Å². The fourth-order valence-electron chi connectivity index (χ4n) is 3.36. The summed E-state index contributed by atoms with van der Waals surface area (Å²) in [6.45, 7) is 0. The fraction of sp³-hybridized carbons (Fsp3) is 0.545. The van der Waals surface area contributed by atoms with Crippen molar-refractivity contribution in [2.75, 3.05) is 0 Å². The second-order valence-corrected chi connectivity index (χ2v) is 7.14. The second kappa shape index (κ2) is 15.8. The molecule has 0 spiro atoms. The van der Waals surface area contributed by atoms with Crippen molar-refractivity contribution in [3.63, 3.8) is 0 Å². The Hall–Kier alpha value is -2.12. The Labute approximate surface area is 174 Å². The van der Waals surface area contributed by atoms with Crippen LogP contribution in [0.5, 0.6) is 0 Å². The fourth-order valence-corrected chi connectivity index (χ4v) is 3.36. The molecule has 0 heterocycles. The normalized spacial score (nSPS) is 17.2. The van der Waals surface area contributed by atoms with Gasteiger partial charge in [0.15, 0.2) is 0 Å². The molecule has 0 amide bonds. The van der Waals surface area contributed by atoms with E-state index in [2.05, 4.69) is 0 Å². The van der Waals surface area contributed by atoms with E-state index in [0.29, 0.717) is 0 Å². The molecule has 2 saturated carbocycles. The van der Waals surface area contributed by atoms with E-state index in [9.17, 15) is 9.59 Å². The van der Waals surface area contributed by atoms with Gasteiger partial charge in [0.05, 0.1) is 0 Å². The number of hydrogen-bond donors (Lipinski definition) is 0. The molecule has 0 saturated heterocycles. The molecule has 7 heteroatoms. The Bertz CT molecular complexity index is 559. The molecule has 29 heavy (non-hydrogen) atoms. The molecule has 0 aromatic heterocycles. The number of benzene rings is 1. The van der Waals surface area contributed by atoms with E-state index in [1.165, 1.54) is 25.0 Å². The van der Waals surface area contributed by atoms with Crippen molar-refractivity contribution in [2.45, 2.75) is 76.4 Å². The zero-order valence-corrected chi connectivity index (χ0v) is 16.9. The van der Waals surface area contributed by atoms with Crippen LogP contribution in [0, 0.1) is 0 Å². The van der Waals surface area contributed by atoms with Gasteiger partial charge in [-0.05, 0) is 51.4 Å². The minimum Gasteiger partial charge on any atom is -0.870 e. The summed E-state index contributed by atoms with van der Waals surface area (Å²) < 4.78 is 10.6. The second-order valence-electron chi connectivity index (χ2n) is 7.14. The van der Waals surface area contributed by atoms with Crippen molar-refractivity contribution in [1.29, 1.82) is 0 Å². The van der Waals surface area contributed by atoms with Crippen LogP contribution in [0.2, 0.25) is 0 Å². The zero-order chi connectivity index (χ0) is 19.3. The summed E-state index contributed by atoms with van der Waals surface area (Å²) in [5, 5.41) is 0. The monoisotopic (exact) mass is 402 g/mol. The molecule has 2 aliphatic carbocycles. The van der Waals surface area contributed by atoms with Crippen molar-refractivity contribution in [3.05, 3.63) is 42.5 Å². The minimum atomic E-state index is -0.433. The first kappa shape index (κ1) is 26.9. The van der Waals surface area contributed by atoms with Crippen LogP contribution >= 0.6 is 0 Å². The number of esters is 2. The molecule has 158 valence electrons. The van der Waals surface area contributed by atoms with E-state index < -0.39 is 11.9 Å². The molecule has 0 aliphatic heterocycles. The summed E-state index contributed by atoms with van der Waals surface area (Å²) in [5.41, 5.74) is 0.822. The summed E-state index contributed by atoms with van der Waals surface area (Å²) >= 11 is 0. The third-order valence-corrected chi connectivity index (χ3v) is 4.83. The first-order chi connectivity index (χ1) is 13.1. The predicted molar refractivity (Wildman–Crippen MR) is 111 cm³/mol. The van der Waals surface area contributed by atoms with E-state index in [1.54, 1.807) is 0 Å². The topological polar surface area (TPSA) is 113 Å². The summed E-state index contributed by atoms with van der Waals surface area (Å²) in [4.78, 5) is 23.2. The van der Waals surface area contributed by atoms with E-state index in [0.717, 1.165) is 56.8 Å². The van der Waals surface area contributed by atoms with Crippen LogP contribution in [0.3, 0.4) is 0 Å². The number of hydrogen-bond acceptors (Lipinski definition) is 6. The zero-order valence-electron chi connectivity index (χ0n) is 16.9. The Morgan fingerprint density at radius 1 is 0.724 bits per heavy atom. The number of rotatable bonds is 4. The van der Waals surface area contributed by atoms with Gasteiger partial charge in [0.2, 0.25) is 0 Å². The van der Waals surface area contributed by atoms with Crippen LogP contribution < -0.4 is 5.46 Å². The van der Waals surface area contributed by atoms with Crippen molar-refractivity contribution in [2.24, 2.45) is 0 Å². The molecule has 2 fully saturated rings. The average Bonchev–Trinajstić information content (AvgIpc) is 2.69. The van der Waals surface area contributed by atoms with Crippen LogP contribution in [-0.4, -0.2) is 42.9 Å². The SMILES string of the molecule is O=C(/C=C\C(=O)OC1CCCCC1)OC1CCCCC1.[B+2]c1ccccc1.[OH-].[OH-]. The quantitative estimate of drug-likeness (QED) is 0.433. The van der Waals surface area contributed by atoms with Crippen molar-refractivity contribution < 1.29 is 30.0 Å². The van der Waals surface area contributed by atoms with Crippen molar-refractivity contribution in [3.8, 4) is 0 Å². The molecule has 0 atom stereocenters. The summed E-state index contributed by atoms with van der Waals surface area (Å²) in [7, 11) is 5.36. The van der Waals surface area contributed by atoms with E-state index in [4.69, 9.17) is 17.3 Å². The molecule has 0 bridgehead atoms. The molecular weight excluding hydrogens is 371 g/mol. The molecule has 1 aromatic carbocycles. The smallest absolute Gasteiger partial charge is 0.870 e. The Kier molecular flexibility index (Phi) is 14.6. The molecule has 3 rings (SSSR count). The Morgan fingerprint density at radius 2 is 1.10 bits per heavy atom. The van der Waals surface area contributed by atoms with Crippen LogP contribution in [0.25, 0.3) is 0 Å². The first-order valence-electron chi connectivity index (χ1n) is 10.0. The number of carbonyl (C=O) groups is 2. The molecule has 6 nitrogen and oxygen atoms in total. The standard InChI is InChI=1S/C16H24O4.C6H5B.2H2O/c17-15(19-13-7-3-1-4-8-13)11-12-16(18)20-14-9-5-2-6-10-14;7-6-4-2-1-3-5-6;;/h11-14H,1-10H2;1-5H;2*1H2/q;+2;;/p-2/b12-11-;;;. The summed E-state index contributed by atoms with van der Waals surface area (Å²) in [6, 6.07) is 9.49. The largest absolute Gasteiger partial charge is 0.870 e. The molecule has 2 N–H and O–H groups in total.